The Labute approximate surface area is 116 Å². The standard InChI is InChI=1S/C12H20F3N3S/c1-9(12(13,14)15)4-10(17(2)3)19-18-7-11(8-18)5-16-6-11/h4,9,16H,5-8H2,1-3H3/b10-4+. The molecule has 2 heterocycles. The van der Waals surface area contributed by atoms with Crippen molar-refractivity contribution in [3.05, 3.63) is 11.1 Å². The minimum atomic E-state index is -4.17. The molecule has 0 aliphatic carbocycles. The van der Waals surface area contributed by atoms with E-state index in [2.05, 4.69) is 9.62 Å². The number of hydrogen-bond donors (Lipinski definition) is 1. The van der Waals surface area contributed by atoms with Crippen molar-refractivity contribution in [1.29, 1.82) is 0 Å². The van der Waals surface area contributed by atoms with E-state index >= 15 is 0 Å². The third kappa shape index (κ3) is 3.38. The molecule has 0 aromatic heterocycles. The van der Waals surface area contributed by atoms with Crippen molar-refractivity contribution in [1.82, 2.24) is 14.5 Å². The lowest BCUT2D eigenvalue weighted by Crippen LogP contribution is -2.69. The van der Waals surface area contributed by atoms with Gasteiger partial charge in [0.25, 0.3) is 0 Å². The fourth-order valence-electron chi connectivity index (χ4n) is 2.17. The van der Waals surface area contributed by atoms with E-state index in [4.69, 9.17) is 0 Å². The van der Waals surface area contributed by atoms with Crippen LogP contribution in [0.15, 0.2) is 11.1 Å². The van der Waals surface area contributed by atoms with Crippen molar-refractivity contribution in [2.45, 2.75) is 13.1 Å². The van der Waals surface area contributed by atoms with Crippen molar-refractivity contribution in [2.24, 2.45) is 11.3 Å². The van der Waals surface area contributed by atoms with Gasteiger partial charge in [-0.1, -0.05) is 6.92 Å². The van der Waals surface area contributed by atoms with Crippen LogP contribution in [0.1, 0.15) is 6.92 Å². The van der Waals surface area contributed by atoms with Crippen LogP contribution in [-0.4, -0.2) is 55.7 Å². The first-order valence-corrected chi connectivity index (χ1v) is 7.09. The molecule has 0 amide bonds. The van der Waals surface area contributed by atoms with Gasteiger partial charge in [0.1, 0.15) is 0 Å². The monoisotopic (exact) mass is 295 g/mol. The zero-order chi connectivity index (χ0) is 14.3. The van der Waals surface area contributed by atoms with Crippen LogP contribution < -0.4 is 5.32 Å². The SMILES string of the molecule is CC(/C=C(/SN1CC2(CNC2)C1)N(C)C)C(F)(F)F. The first kappa shape index (κ1) is 15.0. The summed E-state index contributed by atoms with van der Waals surface area (Å²) in [5, 5.41) is 3.90. The molecule has 2 aliphatic heterocycles. The highest BCUT2D eigenvalue weighted by atomic mass is 32.2. The maximum absolute atomic E-state index is 12.6. The van der Waals surface area contributed by atoms with Gasteiger partial charge in [0.15, 0.2) is 0 Å². The fourth-order valence-corrected chi connectivity index (χ4v) is 3.54. The van der Waals surface area contributed by atoms with Crippen LogP contribution in [0.4, 0.5) is 13.2 Å². The summed E-state index contributed by atoms with van der Waals surface area (Å²) < 4.78 is 39.9. The Morgan fingerprint density at radius 1 is 1.37 bits per heavy atom. The van der Waals surface area contributed by atoms with Gasteiger partial charge in [0.2, 0.25) is 0 Å². The van der Waals surface area contributed by atoms with E-state index in [0.29, 0.717) is 10.4 Å². The van der Waals surface area contributed by atoms with Crippen LogP contribution in [0, 0.1) is 11.3 Å². The number of nitrogens with one attached hydrogen (secondary N) is 1. The molecule has 0 bridgehead atoms. The van der Waals surface area contributed by atoms with Crippen LogP contribution in [-0.2, 0) is 0 Å². The molecule has 110 valence electrons. The Bertz CT molecular complexity index is 356. The Hall–Kier alpha value is -0.400. The van der Waals surface area contributed by atoms with Crippen LogP contribution in [0.5, 0.6) is 0 Å². The molecule has 0 aromatic rings. The Morgan fingerprint density at radius 3 is 2.32 bits per heavy atom. The number of nitrogens with zero attached hydrogens (tertiary/aromatic N) is 2. The molecule has 2 aliphatic rings. The van der Waals surface area contributed by atoms with Gasteiger partial charge in [-0.05, 0) is 18.0 Å². The normalized spacial score (nSPS) is 24.8. The number of halogens is 3. The van der Waals surface area contributed by atoms with E-state index in [1.54, 1.807) is 19.0 Å². The topological polar surface area (TPSA) is 18.5 Å². The average Bonchev–Trinajstić information content (AvgIpc) is 2.15. The quantitative estimate of drug-likeness (QED) is 0.801. The predicted molar refractivity (Wildman–Crippen MR) is 71.5 cm³/mol. The lowest BCUT2D eigenvalue weighted by atomic mass is 9.76. The molecular weight excluding hydrogens is 275 g/mol. The second-order valence-electron chi connectivity index (χ2n) is 5.72. The summed E-state index contributed by atoms with van der Waals surface area (Å²) in [6, 6.07) is 0. The molecule has 1 atom stereocenters. The van der Waals surface area contributed by atoms with Crippen molar-refractivity contribution in [3.8, 4) is 0 Å². The predicted octanol–water partition coefficient (Wildman–Crippen LogP) is 2.14. The summed E-state index contributed by atoms with van der Waals surface area (Å²) in [5.41, 5.74) is 0.389. The largest absolute Gasteiger partial charge is 0.394 e. The van der Waals surface area contributed by atoms with E-state index in [9.17, 15) is 13.2 Å². The van der Waals surface area contributed by atoms with E-state index < -0.39 is 12.1 Å². The van der Waals surface area contributed by atoms with Crippen LogP contribution in [0.25, 0.3) is 0 Å². The number of rotatable bonds is 4. The molecule has 1 N–H and O–H groups in total. The fraction of sp³-hybridized carbons (Fsp3) is 0.833. The summed E-state index contributed by atoms with van der Waals surface area (Å²) in [5.74, 6) is -1.42. The lowest BCUT2D eigenvalue weighted by molar-refractivity contribution is -0.156. The number of hydrogen-bond acceptors (Lipinski definition) is 4. The van der Waals surface area contributed by atoms with Crippen LogP contribution >= 0.6 is 11.9 Å². The smallest absolute Gasteiger partial charge is 0.372 e. The lowest BCUT2D eigenvalue weighted by Gasteiger charge is -2.55. The van der Waals surface area contributed by atoms with Gasteiger partial charge in [-0.25, -0.2) is 4.31 Å². The second-order valence-corrected chi connectivity index (χ2v) is 6.84. The zero-order valence-corrected chi connectivity index (χ0v) is 12.2. The minimum absolute atomic E-state index is 0.389. The summed E-state index contributed by atoms with van der Waals surface area (Å²) in [6.07, 6.45) is -2.87. The third-order valence-corrected chi connectivity index (χ3v) is 4.80. The van der Waals surface area contributed by atoms with Crippen molar-refractivity contribution in [3.63, 3.8) is 0 Å². The minimum Gasteiger partial charge on any atom is -0.372 e. The van der Waals surface area contributed by atoms with Gasteiger partial charge >= 0.3 is 6.18 Å². The maximum Gasteiger partial charge on any atom is 0.394 e. The van der Waals surface area contributed by atoms with Gasteiger partial charge in [-0.2, -0.15) is 13.2 Å². The molecule has 0 aromatic carbocycles. The van der Waals surface area contributed by atoms with Gasteiger partial charge in [0, 0.05) is 45.7 Å². The second kappa shape index (κ2) is 5.18. The Morgan fingerprint density at radius 2 is 1.95 bits per heavy atom. The molecule has 19 heavy (non-hydrogen) atoms. The van der Waals surface area contributed by atoms with Gasteiger partial charge in [-0.15, -0.1) is 0 Å². The third-order valence-electron chi connectivity index (χ3n) is 3.60. The van der Waals surface area contributed by atoms with Gasteiger partial charge in [-0.3, -0.25) is 0 Å². The highest BCUT2D eigenvalue weighted by Gasteiger charge is 2.48. The molecule has 2 rings (SSSR count). The van der Waals surface area contributed by atoms with Gasteiger partial charge < -0.3 is 10.2 Å². The molecule has 7 heteroatoms. The first-order valence-electron chi connectivity index (χ1n) is 6.31. The maximum atomic E-state index is 12.6. The molecule has 1 unspecified atom stereocenters. The van der Waals surface area contributed by atoms with E-state index in [1.165, 1.54) is 24.9 Å². The summed E-state index contributed by atoms with van der Waals surface area (Å²) in [6.45, 7) is 5.16. The Kier molecular flexibility index (Phi) is 4.09. The highest BCUT2D eigenvalue weighted by Crippen LogP contribution is 2.41. The Balaban J connectivity index is 1.92. The number of allylic oxidation sites excluding steroid dienone is 1. The zero-order valence-electron chi connectivity index (χ0n) is 11.4. The highest BCUT2D eigenvalue weighted by molar-refractivity contribution is 8.00. The average molecular weight is 295 g/mol. The number of alkyl halides is 3. The summed E-state index contributed by atoms with van der Waals surface area (Å²) in [7, 11) is 3.56. The molecule has 2 fully saturated rings. The van der Waals surface area contributed by atoms with Crippen LogP contribution in [0.2, 0.25) is 0 Å². The molecule has 1 spiro atoms. The van der Waals surface area contributed by atoms with E-state index in [-0.39, 0.29) is 0 Å². The molecule has 2 saturated heterocycles. The van der Waals surface area contributed by atoms with Crippen molar-refractivity contribution in [2.75, 3.05) is 40.3 Å². The summed E-state index contributed by atoms with van der Waals surface area (Å²) in [4.78, 5) is 1.75. The molecule has 0 radical (unpaired) electrons. The first-order chi connectivity index (χ1) is 8.72. The molecule has 0 saturated carbocycles. The van der Waals surface area contributed by atoms with E-state index in [1.807, 2.05) is 0 Å². The van der Waals surface area contributed by atoms with Crippen LogP contribution in [0.3, 0.4) is 0 Å². The van der Waals surface area contributed by atoms with E-state index in [0.717, 1.165) is 26.2 Å². The molecular formula is C12H20F3N3S. The summed E-state index contributed by atoms with van der Waals surface area (Å²) >= 11 is 1.43. The van der Waals surface area contributed by atoms with Crippen molar-refractivity contribution < 1.29 is 13.2 Å². The van der Waals surface area contributed by atoms with Crippen molar-refractivity contribution >= 4 is 11.9 Å². The van der Waals surface area contributed by atoms with Gasteiger partial charge in [0.05, 0.1) is 10.9 Å². The molecule has 3 nitrogen and oxygen atoms in total.